The van der Waals surface area contributed by atoms with Gasteiger partial charge in [-0.1, -0.05) is 32.6 Å². The number of rotatable bonds is 11. The van der Waals surface area contributed by atoms with Gasteiger partial charge in [-0.3, -0.25) is 0 Å². The number of aliphatic carboxylic acids is 2. The summed E-state index contributed by atoms with van der Waals surface area (Å²) in [6.07, 6.45) is 6.12. The molecule has 0 saturated heterocycles. The van der Waals surface area contributed by atoms with Gasteiger partial charge in [0.15, 0.2) is 0 Å². The number of carbonyl (C=O) groups excluding carboxylic acids is 2. The molecule has 0 rings (SSSR count). The van der Waals surface area contributed by atoms with Gasteiger partial charge in [-0.2, -0.15) is 0 Å². The van der Waals surface area contributed by atoms with Crippen LogP contribution in [-0.4, -0.2) is 24.5 Å². The molecule has 1 atom stereocenters. The van der Waals surface area contributed by atoms with Crippen LogP contribution in [0.25, 0.3) is 0 Å². The third kappa shape index (κ3) is 11.2. The summed E-state index contributed by atoms with van der Waals surface area (Å²) in [5.74, 6) is -2.29. The highest BCUT2D eigenvalue weighted by molar-refractivity contribution is 5.65. The first-order chi connectivity index (χ1) is 8.06. The molecule has 5 heteroatoms. The average molecular weight is 244 g/mol. The second-order valence-corrected chi connectivity index (χ2v) is 4.35. The van der Waals surface area contributed by atoms with Gasteiger partial charge in [0, 0.05) is 12.4 Å². The number of unbranched alkanes of at least 4 members (excludes halogenated alkanes) is 4. The van der Waals surface area contributed by atoms with Crippen molar-refractivity contribution in [3.8, 4) is 0 Å². The molecule has 0 unspecified atom stereocenters. The fraction of sp³-hybridized carbons (Fsp3) is 0.833. The number of quaternary nitrogens is 1. The molecule has 0 heterocycles. The Labute approximate surface area is 102 Å². The second kappa shape index (κ2) is 10.1. The van der Waals surface area contributed by atoms with Crippen molar-refractivity contribution in [1.82, 2.24) is 0 Å². The maximum absolute atomic E-state index is 10.5. The minimum absolute atomic E-state index is 0.0962. The lowest BCUT2D eigenvalue weighted by Gasteiger charge is -2.16. The van der Waals surface area contributed by atoms with Gasteiger partial charge in [0.25, 0.3) is 0 Å². The predicted octanol–water partition coefficient (Wildman–Crippen LogP) is -1.83. The molecule has 0 aliphatic carbocycles. The number of carboxylic acid groups (broad SMARTS) is 2. The second-order valence-electron chi connectivity index (χ2n) is 4.35. The molecule has 0 saturated carbocycles. The quantitative estimate of drug-likeness (QED) is 0.432. The molecule has 0 aromatic carbocycles. The zero-order valence-electron chi connectivity index (χ0n) is 10.4. The highest BCUT2D eigenvalue weighted by Gasteiger charge is 2.11. The van der Waals surface area contributed by atoms with Crippen molar-refractivity contribution >= 4 is 11.9 Å². The van der Waals surface area contributed by atoms with Crippen LogP contribution in [0.5, 0.6) is 0 Å². The summed E-state index contributed by atoms with van der Waals surface area (Å²) >= 11 is 0. The molecule has 0 aliphatic heterocycles. The number of hydrogen-bond acceptors (Lipinski definition) is 4. The molecule has 0 amide bonds. The fourth-order valence-corrected chi connectivity index (χ4v) is 1.79. The molecule has 0 fully saturated rings. The van der Waals surface area contributed by atoms with Gasteiger partial charge >= 0.3 is 0 Å². The Hall–Kier alpha value is -1.10. The SMILES string of the molecule is CCCCCCC[C@H](CC(=O)[O-])[NH2+]CC(=O)[O-]. The molecule has 17 heavy (non-hydrogen) atoms. The Kier molecular flexibility index (Phi) is 9.43. The molecule has 2 N–H and O–H groups in total. The molecule has 0 aromatic heterocycles. The zero-order valence-corrected chi connectivity index (χ0v) is 10.4. The smallest absolute Gasteiger partial charge is 0.116 e. The van der Waals surface area contributed by atoms with Gasteiger partial charge in [0.05, 0.1) is 12.0 Å². The molecular formula is C12H22NO4-. The molecule has 0 radical (unpaired) electrons. The maximum Gasteiger partial charge on any atom is 0.116 e. The van der Waals surface area contributed by atoms with Crippen molar-refractivity contribution in [3.63, 3.8) is 0 Å². The Morgan fingerprint density at radius 3 is 2.24 bits per heavy atom. The van der Waals surface area contributed by atoms with Gasteiger partial charge in [-0.05, 0) is 12.8 Å². The topological polar surface area (TPSA) is 96.9 Å². The largest absolute Gasteiger partial charge is 0.550 e. The first-order valence-corrected chi connectivity index (χ1v) is 6.29. The minimum Gasteiger partial charge on any atom is -0.550 e. The van der Waals surface area contributed by atoms with Crippen LogP contribution in [0, 0.1) is 0 Å². The molecule has 5 nitrogen and oxygen atoms in total. The van der Waals surface area contributed by atoms with Gasteiger partial charge in [-0.15, -0.1) is 0 Å². The fourth-order valence-electron chi connectivity index (χ4n) is 1.79. The van der Waals surface area contributed by atoms with Crippen LogP contribution in [0.1, 0.15) is 51.9 Å². The van der Waals surface area contributed by atoms with E-state index in [1.807, 2.05) is 0 Å². The van der Waals surface area contributed by atoms with Crippen LogP contribution < -0.4 is 15.5 Å². The minimum atomic E-state index is -1.17. The molecule has 0 aliphatic rings. The van der Waals surface area contributed by atoms with E-state index in [9.17, 15) is 19.8 Å². The molecule has 0 spiro atoms. The number of nitrogens with two attached hydrogens (primary N) is 1. The third-order valence-corrected chi connectivity index (χ3v) is 2.73. The monoisotopic (exact) mass is 244 g/mol. The van der Waals surface area contributed by atoms with Crippen molar-refractivity contribution in [2.24, 2.45) is 0 Å². The predicted molar refractivity (Wildman–Crippen MR) is 58.6 cm³/mol. The maximum atomic E-state index is 10.5. The van der Waals surface area contributed by atoms with E-state index < -0.39 is 11.9 Å². The summed E-state index contributed by atoms with van der Waals surface area (Å²) in [5, 5.41) is 22.3. The van der Waals surface area contributed by atoms with Gasteiger partial charge in [0.2, 0.25) is 0 Å². The van der Waals surface area contributed by atoms with Crippen LogP contribution in [0.4, 0.5) is 0 Å². The summed E-state index contributed by atoms with van der Waals surface area (Å²) < 4.78 is 0. The highest BCUT2D eigenvalue weighted by Crippen LogP contribution is 2.07. The van der Waals surface area contributed by atoms with E-state index in [0.29, 0.717) is 6.42 Å². The number of carbonyl (C=O) groups is 2. The van der Waals surface area contributed by atoms with E-state index >= 15 is 0 Å². The van der Waals surface area contributed by atoms with Gasteiger partial charge in [0.1, 0.15) is 6.54 Å². The summed E-state index contributed by atoms with van der Waals surface area (Å²) in [6.45, 7) is 1.94. The van der Waals surface area contributed by atoms with Crippen LogP contribution >= 0.6 is 0 Å². The Balaban J connectivity index is 3.76. The lowest BCUT2D eigenvalue weighted by molar-refractivity contribution is -0.685. The van der Waals surface area contributed by atoms with Crippen molar-refractivity contribution in [2.75, 3.05) is 6.54 Å². The lowest BCUT2D eigenvalue weighted by atomic mass is 10.0. The number of hydrogen-bond donors (Lipinski definition) is 1. The van der Waals surface area contributed by atoms with E-state index in [1.54, 1.807) is 0 Å². The van der Waals surface area contributed by atoms with E-state index in [0.717, 1.165) is 19.3 Å². The third-order valence-electron chi connectivity index (χ3n) is 2.73. The van der Waals surface area contributed by atoms with Crippen LogP contribution in [0.15, 0.2) is 0 Å². The average Bonchev–Trinajstić information content (AvgIpc) is 2.24. The lowest BCUT2D eigenvalue weighted by Crippen LogP contribution is -2.92. The summed E-state index contributed by atoms with van der Waals surface area (Å²) in [7, 11) is 0. The first-order valence-electron chi connectivity index (χ1n) is 6.29. The molecular weight excluding hydrogens is 222 g/mol. The number of carboxylic acids is 2. The summed E-state index contributed by atoms with van der Waals surface area (Å²) in [4.78, 5) is 20.8. The summed E-state index contributed by atoms with van der Waals surface area (Å²) in [6, 6.07) is -0.209. The van der Waals surface area contributed by atoms with E-state index in [-0.39, 0.29) is 19.0 Å². The van der Waals surface area contributed by atoms with E-state index in [4.69, 9.17) is 0 Å². The molecule has 0 bridgehead atoms. The Morgan fingerprint density at radius 2 is 1.71 bits per heavy atom. The first kappa shape index (κ1) is 15.9. The summed E-state index contributed by atoms with van der Waals surface area (Å²) in [5.41, 5.74) is 0. The zero-order chi connectivity index (χ0) is 13.1. The highest BCUT2D eigenvalue weighted by atomic mass is 16.4. The van der Waals surface area contributed by atoms with Crippen molar-refractivity contribution in [1.29, 1.82) is 0 Å². The van der Waals surface area contributed by atoms with Gasteiger partial charge in [-0.25, -0.2) is 0 Å². The normalized spacial score (nSPS) is 12.3. The van der Waals surface area contributed by atoms with Gasteiger partial charge < -0.3 is 25.1 Å². The molecule has 0 aromatic rings. The van der Waals surface area contributed by atoms with Crippen LogP contribution in [0.2, 0.25) is 0 Å². The standard InChI is InChI=1S/C12H23NO4/c1-2-3-4-5-6-7-10(8-11(14)15)13-9-12(16)17/h10,13H,2-9H2,1H3,(H,14,15)(H,16,17)/p-1/t10-/m1/s1. The molecule has 100 valence electrons. The van der Waals surface area contributed by atoms with Crippen molar-refractivity contribution in [3.05, 3.63) is 0 Å². The van der Waals surface area contributed by atoms with Crippen LogP contribution in [-0.2, 0) is 9.59 Å². The van der Waals surface area contributed by atoms with E-state index in [2.05, 4.69) is 6.92 Å². The van der Waals surface area contributed by atoms with Crippen molar-refractivity contribution < 1.29 is 25.1 Å². The van der Waals surface area contributed by atoms with Crippen molar-refractivity contribution in [2.45, 2.75) is 57.9 Å². The Morgan fingerprint density at radius 1 is 1.06 bits per heavy atom. The Bertz CT molecular complexity index is 231. The van der Waals surface area contributed by atoms with E-state index in [1.165, 1.54) is 18.2 Å². The van der Waals surface area contributed by atoms with Crippen LogP contribution in [0.3, 0.4) is 0 Å².